The highest BCUT2D eigenvalue weighted by Crippen LogP contribution is 2.36. The number of amides is 1. The first-order chi connectivity index (χ1) is 11.5. The number of nitrogens with zero attached hydrogens (tertiary/aromatic N) is 1. The van der Waals surface area contributed by atoms with E-state index in [-0.39, 0.29) is 22.6 Å². The molecule has 0 atom stereocenters. The lowest BCUT2D eigenvalue weighted by atomic mass is 9.94. The normalized spacial score (nSPS) is 10.5. The Kier molecular flexibility index (Phi) is 4.33. The molecule has 3 aromatic rings. The van der Waals surface area contributed by atoms with Crippen LogP contribution in [-0.4, -0.2) is 16.7 Å². The van der Waals surface area contributed by atoms with Gasteiger partial charge in [-0.15, -0.1) is 11.3 Å². The van der Waals surface area contributed by atoms with Gasteiger partial charge in [0.05, 0.1) is 21.1 Å². The van der Waals surface area contributed by atoms with Crippen molar-refractivity contribution in [1.82, 2.24) is 4.98 Å². The Morgan fingerprint density at radius 2 is 1.75 bits per heavy atom. The summed E-state index contributed by atoms with van der Waals surface area (Å²) in [6.45, 7) is 0. The first-order valence-corrected chi connectivity index (χ1v) is 8.17. The molecule has 2 aromatic carbocycles. The molecule has 24 heavy (non-hydrogen) atoms. The second-order valence-electron chi connectivity index (χ2n) is 4.99. The van der Waals surface area contributed by atoms with Gasteiger partial charge in [0.2, 0.25) is 5.91 Å². The fraction of sp³-hybridized carbons (Fsp3) is 0. The van der Waals surface area contributed by atoms with Crippen LogP contribution in [0.25, 0.3) is 10.4 Å². The number of primary amides is 1. The minimum atomic E-state index is -0.623. The molecule has 1 amide bonds. The molecule has 0 aliphatic heterocycles. The van der Waals surface area contributed by atoms with Crippen molar-refractivity contribution < 1.29 is 9.59 Å². The van der Waals surface area contributed by atoms with E-state index in [1.165, 1.54) is 23.5 Å². The quantitative estimate of drug-likeness (QED) is 0.552. The molecular formula is C17H12ClN3O2S. The Bertz CT molecular complexity index is 939. The van der Waals surface area contributed by atoms with E-state index in [1.54, 1.807) is 36.0 Å². The third-order valence-corrected chi connectivity index (χ3v) is 4.67. The van der Waals surface area contributed by atoms with Crippen LogP contribution in [0.15, 0.2) is 48.1 Å². The van der Waals surface area contributed by atoms with Crippen LogP contribution in [0.3, 0.4) is 0 Å². The fourth-order valence-electron chi connectivity index (χ4n) is 2.42. The average molecular weight is 358 g/mol. The van der Waals surface area contributed by atoms with Gasteiger partial charge in [-0.3, -0.25) is 14.6 Å². The molecule has 0 unspecified atom stereocenters. The van der Waals surface area contributed by atoms with Crippen LogP contribution in [-0.2, 0) is 0 Å². The number of aromatic nitrogens is 1. The molecule has 120 valence electrons. The first-order valence-electron chi connectivity index (χ1n) is 6.91. The molecule has 3 rings (SSSR count). The Morgan fingerprint density at radius 3 is 2.38 bits per heavy atom. The van der Waals surface area contributed by atoms with E-state index in [0.29, 0.717) is 21.0 Å². The molecule has 1 aromatic heterocycles. The molecule has 0 fully saturated rings. The third-order valence-electron chi connectivity index (χ3n) is 3.55. The number of carbonyl (C=O) groups excluding carboxylic acids is 2. The highest BCUT2D eigenvalue weighted by Gasteiger charge is 2.22. The van der Waals surface area contributed by atoms with E-state index >= 15 is 0 Å². The highest BCUT2D eigenvalue weighted by atomic mass is 35.5. The van der Waals surface area contributed by atoms with E-state index in [2.05, 4.69) is 4.98 Å². The Labute approximate surface area is 146 Å². The monoisotopic (exact) mass is 357 g/mol. The van der Waals surface area contributed by atoms with Gasteiger partial charge in [0.1, 0.15) is 0 Å². The molecule has 0 saturated heterocycles. The van der Waals surface area contributed by atoms with Gasteiger partial charge >= 0.3 is 0 Å². The molecule has 0 bridgehead atoms. The Morgan fingerprint density at radius 1 is 1.04 bits per heavy atom. The average Bonchev–Trinajstić information content (AvgIpc) is 3.08. The van der Waals surface area contributed by atoms with Crippen LogP contribution in [0.5, 0.6) is 0 Å². The molecule has 0 radical (unpaired) electrons. The van der Waals surface area contributed by atoms with Crippen LogP contribution in [0.2, 0.25) is 5.02 Å². The van der Waals surface area contributed by atoms with Crippen molar-refractivity contribution in [3.05, 3.63) is 69.8 Å². The maximum atomic E-state index is 12.8. The van der Waals surface area contributed by atoms with Gasteiger partial charge in [0.15, 0.2) is 5.78 Å². The van der Waals surface area contributed by atoms with E-state index in [1.807, 2.05) is 0 Å². The summed E-state index contributed by atoms with van der Waals surface area (Å²) in [6.07, 6.45) is 1.58. The summed E-state index contributed by atoms with van der Waals surface area (Å²) in [5.74, 6) is -0.943. The number of benzene rings is 2. The maximum absolute atomic E-state index is 12.8. The van der Waals surface area contributed by atoms with Gasteiger partial charge in [-0.05, 0) is 24.3 Å². The number of nitrogen functional groups attached to an aromatic ring is 1. The lowest BCUT2D eigenvalue weighted by molar-refractivity contribution is 0.0997. The van der Waals surface area contributed by atoms with Crippen LogP contribution in [0, 0.1) is 0 Å². The van der Waals surface area contributed by atoms with Crippen molar-refractivity contribution in [2.45, 2.75) is 0 Å². The van der Waals surface area contributed by atoms with Gasteiger partial charge in [-0.2, -0.15) is 0 Å². The predicted molar refractivity (Wildman–Crippen MR) is 95.4 cm³/mol. The van der Waals surface area contributed by atoms with Crippen molar-refractivity contribution >= 4 is 40.3 Å². The van der Waals surface area contributed by atoms with E-state index in [0.717, 1.165) is 0 Å². The Balaban J connectivity index is 2.21. The fourth-order valence-corrected chi connectivity index (χ4v) is 3.33. The van der Waals surface area contributed by atoms with Gasteiger partial charge in [0, 0.05) is 28.5 Å². The minimum Gasteiger partial charge on any atom is -0.398 e. The molecule has 0 saturated carbocycles. The first kappa shape index (κ1) is 16.2. The number of halogens is 1. The number of thiazole rings is 1. The maximum Gasteiger partial charge on any atom is 0.249 e. The third kappa shape index (κ3) is 2.77. The zero-order valence-electron chi connectivity index (χ0n) is 12.3. The largest absolute Gasteiger partial charge is 0.398 e. The molecule has 0 aliphatic carbocycles. The van der Waals surface area contributed by atoms with Gasteiger partial charge in [-0.1, -0.05) is 23.7 Å². The number of anilines is 1. The Hall–Kier alpha value is -2.70. The minimum absolute atomic E-state index is 0.181. The van der Waals surface area contributed by atoms with E-state index in [4.69, 9.17) is 23.1 Å². The lowest BCUT2D eigenvalue weighted by Crippen LogP contribution is -2.15. The van der Waals surface area contributed by atoms with Crippen molar-refractivity contribution in [1.29, 1.82) is 0 Å². The predicted octanol–water partition coefficient (Wildman–Crippen LogP) is 3.38. The molecule has 7 heteroatoms. The summed E-state index contributed by atoms with van der Waals surface area (Å²) in [7, 11) is 0. The van der Waals surface area contributed by atoms with E-state index < -0.39 is 5.91 Å². The van der Waals surface area contributed by atoms with Crippen LogP contribution in [0.1, 0.15) is 26.3 Å². The number of nitrogens with two attached hydrogens (primary N) is 2. The molecule has 5 nitrogen and oxygen atoms in total. The number of hydrogen-bond acceptors (Lipinski definition) is 5. The number of ketones is 1. The van der Waals surface area contributed by atoms with Crippen molar-refractivity contribution in [3.8, 4) is 10.4 Å². The molecule has 0 spiro atoms. The molecule has 0 aliphatic rings. The molecular weight excluding hydrogens is 346 g/mol. The van der Waals surface area contributed by atoms with Crippen molar-refractivity contribution in [3.63, 3.8) is 0 Å². The smallest absolute Gasteiger partial charge is 0.249 e. The highest BCUT2D eigenvalue weighted by molar-refractivity contribution is 7.13. The summed E-state index contributed by atoms with van der Waals surface area (Å²) in [5.41, 5.74) is 14.7. The summed E-state index contributed by atoms with van der Waals surface area (Å²) in [6, 6.07) is 9.70. The summed E-state index contributed by atoms with van der Waals surface area (Å²) < 4.78 is 0. The number of hydrogen-bond donors (Lipinski definition) is 2. The van der Waals surface area contributed by atoms with Crippen molar-refractivity contribution in [2.24, 2.45) is 5.73 Å². The number of carbonyl (C=O) groups is 2. The topological polar surface area (TPSA) is 99.1 Å². The second kappa shape index (κ2) is 6.43. The van der Waals surface area contributed by atoms with Crippen molar-refractivity contribution in [2.75, 3.05) is 5.73 Å². The summed E-state index contributed by atoms with van der Waals surface area (Å²) in [5, 5.41) is 0.334. The SMILES string of the molecule is NC(=O)c1ccc(C(=O)c2ccccc2Cl)c(N)c1-c1cncs1. The van der Waals surface area contributed by atoms with Crippen LogP contribution < -0.4 is 11.5 Å². The number of rotatable bonds is 4. The zero-order chi connectivity index (χ0) is 17.3. The van der Waals surface area contributed by atoms with Crippen LogP contribution >= 0.6 is 22.9 Å². The molecule has 4 N–H and O–H groups in total. The zero-order valence-corrected chi connectivity index (χ0v) is 13.9. The standard InChI is InChI=1S/C17H12ClN3O2S/c18-12-4-2-1-3-9(12)16(22)11-6-5-10(17(20)23)14(15(11)19)13-7-21-8-24-13/h1-8H,19H2,(H2,20,23). The second-order valence-corrected chi connectivity index (χ2v) is 6.28. The summed E-state index contributed by atoms with van der Waals surface area (Å²) >= 11 is 7.40. The van der Waals surface area contributed by atoms with E-state index in [9.17, 15) is 9.59 Å². The van der Waals surface area contributed by atoms with Gasteiger partial charge in [-0.25, -0.2) is 0 Å². The lowest BCUT2D eigenvalue weighted by Gasteiger charge is -2.13. The molecule has 1 heterocycles. The summed E-state index contributed by atoms with van der Waals surface area (Å²) in [4.78, 5) is 29.2. The van der Waals surface area contributed by atoms with Crippen LogP contribution in [0.4, 0.5) is 5.69 Å². The van der Waals surface area contributed by atoms with Gasteiger partial charge in [0.25, 0.3) is 0 Å². The van der Waals surface area contributed by atoms with Gasteiger partial charge < -0.3 is 11.5 Å².